The molecule has 1 atom stereocenters. The van der Waals surface area contributed by atoms with Crippen molar-refractivity contribution < 1.29 is 5.21 Å². The topological polar surface area (TPSA) is 61.8 Å². The SMILES string of the molecule is CC(N(C)CCCCC(N)=NO)C(C)(C)C. The Labute approximate surface area is 99.5 Å². The van der Waals surface area contributed by atoms with Gasteiger partial charge in [-0.1, -0.05) is 25.9 Å². The summed E-state index contributed by atoms with van der Waals surface area (Å²) >= 11 is 0. The minimum Gasteiger partial charge on any atom is -0.409 e. The lowest BCUT2D eigenvalue weighted by Gasteiger charge is -2.35. The van der Waals surface area contributed by atoms with E-state index < -0.39 is 0 Å². The largest absolute Gasteiger partial charge is 0.409 e. The lowest BCUT2D eigenvalue weighted by atomic mass is 9.87. The van der Waals surface area contributed by atoms with Crippen LogP contribution in [0.15, 0.2) is 5.16 Å². The Morgan fingerprint density at radius 3 is 2.38 bits per heavy atom. The van der Waals surface area contributed by atoms with Crippen molar-refractivity contribution in [2.75, 3.05) is 13.6 Å². The zero-order chi connectivity index (χ0) is 12.8. The second-order valence-corrected chi connectivity index (χ2v) is 5.57. The zero-order valence-corrected chi connectivity index (χ0v) is 11.3. The monoisotopic (exact) mass is 229 g/mol. The van der Waals surface area contributed by atoms with Gasteiger partial charge in [0.05, 0.1) is 0 Å². The van der Waals surface area contributed by atoms with E-state index in [0.29, 0.717) is 23.7 Å². The third kappa shape index (κ3) is 5.95. The van der Waals surface area contributed by atoms with Gasteiger partial charge in [-0.15, -0.1) is 0 Å². The first kappa shape index (κ1) is 15.2. The molecule has 16 heavy (non-hydrogen) atoms. The van der Waals surface area contributed by atoms with Gasteiger partial charge in [0.25, 0.3) is 0 Å². The number of oxime groups is 1. The van der Waals surface area contributed by atoms with Crippen molar-refractivity contribution in [3.8, 4) is 0 Å². The molecule has 0 aliphatic carbocycles. The van der Waals surface area contributed by atoms with Crippen molar-refractivity contribution in [3.05, 3.63) is 0 Å². The van der Waals surface area contributed by atoms with Crippen LogP contribution >= 0.6 is 0 Å². The molecule has 0 radical (unpaired) electrons. The van der Waals surface area contributed by atoms with E-state index in [1.54, 1.807) is 0 Å². The molecular formula is C12H27N3O. The molecule has 4 nitrogen and oxygen atoms in total. The van der Waals surface area contributed by atoms with E-state index in [1.165, 1.54) is 0 Å². The molecule has 1 unspecified atom stereocenters. The fourth-order valence-corrected chi connectivity index (χ4v) is 1.57. The van der Waals surface area contributed by atoms with E-state index in [4.69, 9.17) is 10.9 Å². The molecular weight excluding hydrogens is 202 g/mol. The maximum Gasteiger partial charge on any atom is 0.139 e. The van der Waals surface area contributed by atoms with Gasteiger partial charge in [0, 0.05) is 12.5 Å². The third-order valence-electron chi connectivity index (χ3n) is 3.24. The standard InChI is InChI=1S/C12H27N3O/c1-10(12(2,3)4)15(5)9-7-6-8-11(13)14-16/h10,16H,6-9H2,1-5H3,(H2,13,14). The van der Waals surface area contributed by atoms with Gasteiger partial charge in [-0.25, -0.2) is 0 Å². The number of hydrogen-bond donors (Lipinski definition) is 2. The minimum atomic E-state index is 0.306. The average molecular weight is 229 g/mol. The first-order valence-corrected chi connectivity index (χ1v) is 5.95. The smallest absolute Gasteiger partial charge is 0.139 e. The van der Waals surface area contributed by atoms with E-state index in [9.17, 15) is 0 Å². The van der Waals surface area contributed by atoms with Gasteiger partial charge in [-0.2, -0.15) is 0 Å². The third-order valence-corrected chi connectivity index (χ3v) is 3.24. The molecule has 0 aromatic carbocycles. The highest BCUT2D eigenvalue weighted by atomic mass is 16.4. The highest BCUT2D eigenvalue weighted by Gasteiger charge is 2.23. The Kier molecular flexibility index (Phi) is 6.41. The molecule has 0 spiro atoms. The van der Waals surface area contributed by atoms with Crippen molar-refractivity contribution in [2.45, 2.75) is 53.0 Å². The molecule has 0 aliphatic heterocycles. The molecule has 3 N–H and O–H groups in total. The predicted molar refractivity (Wildman–Crippen MR) is 68.8 cm³/mol. The van der Waals surface area contributed by atoms with Gasteiger partial charge in [-0.3, -0.25) is 0 Å². The summed E-state index contributed by atoms with van der Waals surface area (Å²) in [7, 11) is 2.15. The molecule has 0 aromatic heterocycles. The molecule has 0 amide bonds. The first-order chi connectivity index (χ1) is 7.29. The van der Waals surface area contributed by atoms with Gasteiger partial charge >= 0.3 is 0 Å². The second kappa shape index (κ2) is 6.74. The number of rotatable bonds is 6. The molecule has 0 fully saturated rings. The maximum atomic E-state index is 8.39. The van der Waals surface area contributed by atoms with Crippen molar-refractivity contribution in [2.24, 2.45) is 16.3 Å². The van der Waals surface area contributed by atoms with Crippen LogP contribution in [0.1, 0.15) is 47.0 Å². The number of nitrogens with two attached hydrogens (primary N) is 1. The summed E-state index contributed by atoms with van der Waals surface area (Å²) in [6.45, 7) is 10.1. The van der Waals surface area contributed by atoms with Crippen LogP contribution in [0.25, 0.3) is 0 Å². The Balaban J connectivity index is 3.78. The van der Waals surface area contributed by atoms with Crippen LogP contribution in [0, 0.1) is 5.41 Å². The Morgan fingerprint density at radius 2 is 1.94 bits per heavy atom. The fraction of sp³-hybridized carbons (Fsp3) is 0.917. The van der Waals surface area contributed by atoms with Gasteiger partial charge < -0.3 is 15.8 Å². The summed E-state index contributed by atoms with van der Waals surface area (Å²) in [5.41, 5.74) is 5.71. The van der Waals surface area contributed by atoms with Crippen LogP contribution < -0.4 is 5.73 Å². The minimum absolute atomic E-state index is 0.306. The highest BCUT2D eigenvalue weighted by Crippen LogP contribution is 2.23. The Morgan fingerprint density at radius 1 is 1.38 bits per heavy atom. The number of amidine groups is 1. The van der Waals surface area contributed by atoms with Crippen LogP contribution in [0.4, 0.5) is 0 Å². The number of unbranched alkanes of at least 4 members (excludes halogenated alkanes) is 1. The lowest BCUT2D eigenvalue weighted by Crippen LogP contribution is -2.39. The van der Waals surface area contributed by atoms with Crippen LogP contribution in [0.3, 0.4) is 0 Å². The Bertz CT molecular complexity index is 221. The number of hydrogen-bond acceptors (Lipinski definition) is 3. The Hall–Kier alpha value is -0.770. The summed E-state index contributed by atoms with van der Waals surface area (Å²) in [5, 5.41) is 11.4. The molecule has 4 heteroatoms. The van der Waals surface area contributed by atoms with Gasteiger partial charge in [0.2, 0.25) is 0 Å². The van der Waals surface area contributed by atoms with Crippen molar-refractivity contribution in [1.29, 1.82) is 0 Å². The van der Waals surface area contributed by atoms with Crippen molar-refractivity contribution >= 4 is 5.84 Å². The van der Waals surface area contributed by atoms with Gasteiger partial charge in [0.1, 0.15) is 5.84 Å². The fourth-order valence-electron chi connectivity index (χ4n) is 1.57. The van der Waals surface area contributed by atoms with Crippen molar-refractivity contribution in [3.63, 3.8) is 0 Å². The molecule has 0 saturated heterocycles. The first-order valence-electron chi connectivity index (χ1n) is 5.95. The highest BCUT2D eigenvalue weighted by molar-refractivity contribution is 5.79. The van der Waals surface area contributed by atoms with Gasteiger partial charge in [-0.05, 0) is 38.8 Å². The summed E-state index contributed by atoms with van der Waals surface area (Å²) < 4.78 is 0. The van der Waals surface area contributed by atoms with Crippen LogP contribution in [0.5, 0.6) is 0 Å². The lowest BCUT2D eigenvalue weighted by molar-refractivity contribution is 0.139. The summed E-state index contributed by atoms with van der Waals surface area (Å²) in [4.78, 5) is 2.37. The normalized spacial score (nSPS) is 15.5. The maximum absolute atomic E-state index is 8.39. The summed E-state index contributed by atoms with van der Waals surface area (Å²) in [5.74, 6) is 0.325. The van der Waals surface area contributed by atoms with Gasteiger partial charge in [0.15, 0.2) is 0 Å². The number of nitrogens with zero attached hydrogens (tertiary/aromatic N) is 2. The van der Waals surface area contributed by atoms with Crippen LogP contribution in [-0.2, 0) is 0 Å². The molecule has 0 aromatic rings. The molecule has 0 rings (SSSR count). The van der Waals surface area contributed by atoms with Crippen molar-refractivity contribution in [1.82, 2.24) is 4.90 Å². The van der Waals surface area contributed by atoms with E-state index >= 15 is 0 Å². The summed E-state index contributed by atoms with van der Waals surface area (Å²) in [6, 6.07) is 0.552. The van der Waals surface area contributed by atoms with E-state index in [2.05, 4.69) is 44.8 Å². The van der Waals surface area contributed by atoms with E-state index in [-0.39, 0.29) is 0 Å². The quantitative estimate of drug-likeness (QED) is 0.241. The summed E-state index contributed by atoms with van der Waals surface area (Å²) in [6.07, 6.45) is 2.72. The zero-order valence-electron chi connectivity index (χ0n) is 11.3. The average Bonchev–Trinajstić information content (AvgIpc) is 2.21. The van der Waals surface area contributed by atoms with Crippen LogP contribution in [-0.4, -0.2) is 35.6 Å². The molecule has 96 valence electrons. The molecule has 0 aliphatic rings. The predicted octanol–water partition coefficient (Wildman–Crippen LogP) is 2.27. The molecule has 0 heterocycles. The second-order valence-electron chi connectivity index (χ2n) is 5.57. The van der Waals surface area contributed by atoms with Crippen LogP contribution in [0.2, 0.25) is 0 Å². The van der Waals surface area contributed by atoms with E-state index in [0.717, 1.165) is 19.4 Å². The molecule has 0 bridgehead atoms. The van der Waals surface area contributed by atoms with E-state index in [1.807, 2.05) is 0 Å². The molecule has 0 saturated carbocycles.